The van der Waals surface area contributed by atoms with E-state index in [0.717, 1.165) is 23.7 Å². The number of allylic oxidation sites excluding steroid dienone is 2. The van der Waals surface area contributed by atoms with Gasteiger partial charge in [0, 0.05) is 0 Å². The van der Waals surface area contributed by atoms with Gasteiger partial charge >= 0.3 is 0 Å². The number of hydrogen-bond acceptors (Lipinski definition) is 1. The van der Waals surface area contributed by atoms with Crippen LogP contribution in [0.4, 0.5) is 0 Å². The molecule has 154 valence electrons. The zero-order valence-electron chi connectivity index (χ0n) is 19.1. The molecule has 1 nitrogen and oxygen atoms in total. The standard InChI is InChI=1S/C25H44OSi/c1-23(2,3)27(6,7)26-22-14-13-20-19-12-11-18-10-8-9-16-24(18,4)21(19)15-17-25(20,22)5/h8-9,18-22H,10-17H2,1-7H3/t18-,19?,20+,21+,22+,24+,25+/m1/s1. The Morgan fingerprint density at radius 3 is 2.30 bits per heavy atom. The summed E-state index contributed by atoms with van der Waals surface area (Å²) in [5.41, 5.74) is 1.02. The lowest BCUT2D eigenvalue weighted by atomic mass is 9.46. The van der Waals surface area contributed by atoms with E-state index in [1.807, 2.05) is 0 Å². The van der Waals surface area contributed by atoms with Crippen molar-refractivity contribution in [2.24, 2.45) is 34.5 Å². The minimum absolute atomic E-state index is 0.318. The lowest BCUT2D eigenvalue weighted by Gasteiger charge is -2.60. The fourth-order valence-electron chi connectivity index (χ4n) is 7.52. The van der Waals surface area contributed by atoms with Crippen molar-refractivity contribution < 1.29 is 4.43 Å². The summed E-state index contributed by atoms with van der Waals surface area (Å²) < 4.78 is 7.07. The highest BCUT2D eigenvalue weighted by atomic mass is 28.4. The molecule has 0 aliphatic heterocycles. The summed E-state index contributed by atoms with van der Waals surface area (Å²) in [4.78, 5) is 0. The molecule has 4 aliphatic rings. The molecule has 0 aromatic carbocycles. The van der Waals surface area contributed by atoms with E-state index in [1.165, 1.54) is 51.4 Å². The summed E-state index contributed by atoms with van der Waals surface area (Å²) in [6, 6.07) is 0. The van der Waals surface area contributed by atoms with Crippen LogP contribution in [-0.2, 0) is 4.43 Å². The molecular formula is C25H44OSi. The predicted octanol–water partition coefficient (Wildman–Crippen LogP) is 7.59. The SMILES string of the molecule is CC(C)(C)[Si](C)(C)O[C@H]1CC[C@H]2C3CC[C@H]4CC=CC[C@]4(C)[C@H]3CC[C@]12C. The van der Waals surface area contributed by atoms with Crippen molar-refractivity contribution in [2.75, 3.05) is 0 Å². The Bertz CT molecular complexity index is 602. The quantitative estimate of drug-likeness (QED) is 0.350. The molecule has 3 saturated carbocycles. The third-order valence-corrected chi connectivity index (χ3v) is 14.9. The number of hydrogen-bond donors (Lipinski definition) is 0. The summed E-state index contributed by atoms with van der Waals surface area (Å²) >= 11 is 0. The molecule has 27 heavy (non-hydrogen) atoms. The fraction of sp³-hybridized carbons (Fsp3) is 0.920. The third kappa shape index (κ3) is 3.03. The predicted molar refractivity (Wildman–Crippen MR) is 118 cm³/mol. The molecule has 7 atom stereocenters. The van der Waals surface area contributed by atoms with Crippen LogP contribution in [0.15, 0.2) is 12.2 Å². The molecule has 2 heteroatoms. The highest BCUT2D eigenvalue weighted by Gasteiger charge is 2.60. The van der Waals surface area contributed by atoms with Gasteiger partial charge in [-0.05, 0) is 104 Å². The second-order valence-electron chi connectivity index (χ2n) is 12.6. The Balaban J connectivity index is 1.56. The maximum absolute atomic E-state index is 7.07. The van der Waals surface area contributed by atoms with Gasteiger partial charge in [-0.3, -0.25) is 0 Å². The Morgan fingerprint density at radius 2 is 1.59 bits per heavy atom. The first-order valence-corrected chi connectivity index (χ1v) is 14.7. The molecule has 3 fully saturated rings. The van der Waals surface area contributed by atoms with Crippen molar-refractivity contribution in [1.29, 1.82) is 0 Å². The summed E-state index contributed by atoms with van der Waals surface area (Å²) in [5, 5.41) is 0.318. The highest BCUT2D eigenvalue weighted by molar-refractivity contribution is 6.74. The van der Waals surface area contributed by atoms with Crippen molar-refractivity contribution in [2.45, 2.75) is 110 Å². The van der Waals surface area contributed by atoms with E-state index in [9.17, 15) is 0 Å². The molecule has 1 unspecified atom stereocenters. The van der Waals surface area contributed by atoms with Gasteiger partial charge < -0.3 is 4.43 Å². The van der Waals surface area contributed by atoms with Crippen molar-refractivity contribution in [3.63, 3.8) is 0 Å². The van der Waals surface area contributed by atoms with Crippen molar-refractivity contribution >= 4 is 8.32 Å². The fourth-order valence-corrected chi connectivity index (χ4v) is 8.97. The van der Waals surface area contributed by atoms with E-state index in [4.69, 9.17) is 4.43 Å². The molecule has 4 rings (SSSR count). The Labute approximate surface area is 169 Å². The average molecular weight is 389 g/mol. The van der Waals surface area contributed by atoms with E-state index >= 15 is 0 Å². The van der Waals surface area contributed by atoms with E-state index in [1.54, 1.807) is 0 Å². The lowest BCUT2D eigenvalue weighted by molar-refractivity contribution is -0.106. The van der Waals surface area contributed by atoms with Crippen LogP contribution >= 0.6 is 0 Å². The minimum atomic E-state index is -1.69. The van der Waals surface area contributed by atoms with Crippen molar-refractivity contribution in [3.8, 4) is 0 Å². The first-order chi connectivity index (χ1) is 12.5. The largest absolute Gasteiger partial charge is 0.413 e. The second-order valence-corrected chi connectivity index (χ2v) is 17.3. The normalized spacial score (nSPS) is 47.3. The van der Waals surface area contributed by atoms with Gasteiger partial charge in [-0.2, -0.15) is 0 Å². The first-order valence-electron chi connectivity index (χ1n) is 11.8. The number of rotatable bonds is 2. The molecule has 0 bridgehead atoms. The molecule has 0 amide bonds. The van der Waals surface area contributed by atoms with Gasteiger partial charge in [-0.1, -0.05) is 46.8 Å². The van der Waals surface area contributed by atoms with E-state index < -0.39 is 8.32 Å². The van der Waals surface area contributed by atoms with Gasteiger partial charge in [-0.15, -0.1) is 0 Å². The maximum Gasteiger partial charge on any atom is 0.192 e. The molecular weight excluding hydrogens is 344 g/mol. The minimum Gasteiger partial charge on any atom is -0.413 e. The van der Waals surface area contributed by atoms with E-state index in [-0.39, 0.29) is 0 Å². The molecule has 0 saturated heterocycles. The molecule has 0 aromatic rings. The van der Waals surface area contributed by atoms with Crippen LogP contribution in [0.5, 0.6) is 0 Å². The van der Waals surface area contributed by atoms with Crippen molar-refractivity contribution in [1.82, 2.24) is 0 Å². The third-order valence-electron chi connectivity index (χ3n) is 10.4. The topological polar surface area (TPSA) is 9.23 Å². The molecule has 0 N–H and O–H groups in total. The van der Waals surface area contributed by atoms with Gasteiger partial charge in [-0.25, -0.2) is 0 Å². The summed E-state index contributed by atoms with van der Waals surface area (Å²) in [6.07, 6.45) is 16.7. The summed E-state index contributed by atoms with van der Waals surface area (Å²) in [6.45, 7) is 17.4. The van der Waals surface area contributed by atoms with Crippen LogP contribution in [0.25, 0.3) is 0 Å². The molecule has 0 spiro atoms. The Kier molecular flexibility index (Phi) is 4.83. The van der Waals surface area contributed by atoms with Gasteiger partial charge in [0.1, 0.15) is 0 Å². The molecule has 0 radical (unpaired) electrons. The zero-order valence-corrected chi connectivity index (χ0v) is 20.1. The lowest BCUT2D eigenvalue weighted by Crippen LogP contribution is -2.54. The van der Waals surface area contributed by atoms with Crippen LogP contribution in [0.3, 0.4) is 0 Å². The van der Waals surface area contributed by atoms with Crippen molar-refractivity contribution in [3.05, 3.63) is 12.2 Å². The summed E-state index contributed by atoms with van der Waals surface area (Å²) in [7, 11) is -1.69. The maximum atomic E-state index is 7.07. The molecule has 4 aliphatic carbocycles. The van der Waals surface area contributed by atoms with Gasteiger partial charge in [0.05, 0.1) is 6.10 Å². The monoisotopic (exact) mass is 388 g/mol. The van der Waals surface area contributed by atoms with Crippen LogP contribution in [0.2, 0.25) is 18.1 Å². The zero-order chi connectivity index (χ0) is 19.7. The molecule has 0 aromatic heterocycles. The van der Waals surface area contributed by atoms with Crippen LogP contribution < -0.4 is 0 Å². The average Bonchev–Trinajstić information content (AvgIpc) is 2.89. The molecule has 0 heterocycles. The first kappa shape index (κ1) is 20.2. The van der Waals surface area contributed by atoms with E-state index in [2.05, 4.69) is 59.9 Å². The smallest absolute Gasteiger partial charge is 0.192 e. The van der Waals surface area contributed by atoms with Gasteiger partial charge in [0.15, 0.2) is 8.32 Å². The van der Waals surface area contributed by atoms with Crippen LogP contribution in [0.1, 0.15) is 86.0 Å². The highest BCUT2D eigenvalue weighted by Crippen LogP contribution is 2.66. The van der Waals surface area contributed by atoms with Gasteiger partial charge in [0.25, 0.3) is 0 Å². The van der Waals surface area contributed by atoms with Crippen LogP contribution in [0, 0.1) is 34.5 Å². The second kappa shape index (κ2) is 6.46. The van der Waals surface area contributed by atoms with Gasteiger partial charge in [0.2, 0.25) is 0 Å². The summed E-state index contributed by atoms with van der Waals surface area (Å²) in [5.74, 6) is 3.79. The van der Waals surface area contributed by atoms with E-state index in [0.29, 0.717) is 22.0 Å². The Morgan fingerprint density at radius 1 is 0.889 bits per heavy atom. The van der Waals surface area contributed by atoms with Crippen LogP contribution in [-0.4, -0.2) is 14.4 Å². The Hall–Kier alpha value is -0.0831. The number of fused-ring (bicyclic) bond motifs is 5.